The van der Waals surface area contributed by atoms with Crippen LogP contribution in [-0.2, 0) is 4.79 Å². The van der Waals surface area contributed by atoms with Crippen molar-refractivity contribution in [2.24, 2.45) is 40.4 Å². The first kappa shape index (κ1) is 16.1. The maximum atomic E-state index is 12.1. The highest BCUT2D eigenvalue weighted by Gasteiger charge is 2.63. The van der Waals surface area contributed by atoms with Crippen LogP contribution in [0.3, 0.4) is 0 Å². The quantitative estimate of drug-likeness (QED) is 0.721. The number of fused-ring (bicyclic) bond motifs is 5. The predicted molar refractivity (Wildman–Crippen MR) is 88.7 cm³/mol. The minimum atomic E-state index is -0.340. The second-order valence-corrected chi connectivity index (χ2v) is 9.64. The summed E-state index contributed by atoms with van der Waals surface area (Å²) in [4.78, 5) is 12.1. The van der Waals surface area contributed by atoms with E-state index >= 15 is 0 Å². The molecule has 0 aliphatic heterocycles. The molecule has 4 fully saturated rings. The van der Waals surface area contributed by atoms with Crippen LogP contribution in [0.2, 0.25) is 0 Å². The first-order chi connectivity index (χ1) is 10.8. The molecule has 0 saturated heterocycles. The number of Topliss-reactive ketones (excluding diaryl/α,β-unsaturated/α-hetero) is 1. The lowest BCUT2D eigenvalue weighted by Crippen LogP contribution is -2.60. The summed E-state index contributed by atoms with van der Waals surface area (Å²) in [5, 5.41) is 21.4. The molecule has 4 saturated carbocycles. The van der Waals surface area contributed by atoms with Gasteiger partial charge in [-0.15, -0.1) is 0 Å². The molecule has 3 heteroatoms. The second-order valence-electron chi connectivity index (χ2n) is 9.64. The third kappa shape index (κ3) is 1.99. The third-order valence-corrected chi connectivity index (χ3v) is 9.01. The Morgan fingerprint density at radius 2 is 1.74 bits per heavy atom. The van der Waals surface area contributed by atoms with E-state index in [0.29, 0.717) is 42.3 Å². The Morgan fingerprint density at radius 3 is 2.48 bits per heavy atom. The zero-order valence-corrected chi connectivity index (χ0v) is 14.8. The van der Waals surface area contributed by atoms with Crippen molar-refractivity contribution in [3.8, 4) is 0 Å². The molecule has 0 aromatic carbocycles. The van der Waals surface area contributed by atoms with E-state index in [2.05, 4.69) is 20.8 Å². The fourth-order valence-corrected chi connectivity index (χ4v) is 7.47. The Balaban J connectivity index is 1.71. The van der Waals surface area contributed by atoms with Crippen LogP contribution in [0.5, 0.6) is 0 Å². The van der Waals surface area contributed by atoms with Gasteiger partial charge in [-0.05, 0) is 72.5 Å². The molecule has 0 aromatic heterocycles. The number of rotatable bonds is 0. The topological polar surface area (TPSA) is 57.5 Å². The Labute approximate surface area is 139 Å². The van der Waals surface area contributed by atoms with Gasteiger partial charge >= 0.3 is 0 Å². The molecule has 3 nitrogen and oxygen atoms in total. The second kappa shape index (κ2) is 5.05. The molecule has 23 heavy (non-hydrogen) atoms. The van der Waals surface area contributed by atoms with Gasteiger partial charge in [0.05, 0.1) is 12.2 Å². The molecule has 4 rings (SSSR count). The SMILES string of the molecule is CC1CC(=O)CC2C(O)C[C@@H]3[C@@H](CC[C@]4(C)C(O)CC[C@@H]34)[C@@]12C. The van der Waals surface area contributed by atoms with Gasteiger partial charge in [-0.3, -0.25) is 4.79 Å². The highest BCUT2D eigenvalue weighted by atomic mass is 16.3. The van der Waals surface area contributed by atoms with Gasteiger partial charge in [-0.25, -0.2) is 0 Å². The monoisotopic (exact) mass is 320 g/mol. The predicted octanol–water partition coefficient (Wildman–Crippen LogP) is 3.18. The van der Waals surface area contributed by atoms with Crippen LogP contribution < -0.4 is 0 Å². The molecule has 0 bridgehead atoms. The van der Waals surface area contributed by atoms with Gasteiger partial charge in [0, 0.05) is 12.8 Å². The number of aliphatic hydroxyl groups is 2. The van der Waals surface area contributed by atoms with Crippen LogP contribution in [0.1, 0.15) is 65.7 Å². The van der Waals surface area contributed by atoms with E-state index in [-0.39, 0.29) is 29.0 Å². The van der Waals surface area contributed by atoms with Crippen LogP contribution in [0.25, 0.3) is 0 Å². The first-order valence-electron chi connectivity index (χ1n) is 9.66. The Hall–Kier alpha value is -0.410. The standard InChI is InChI=1S/C20H32O3/c1-11-8-12(21)9-16-17(22)10-13-14-4-5-18(23)19(14,2)7-6-15(13)20(11,16)3/h11,13-18,22-23H,4-10H2,1-3H3/t11?,13-,14-,15+,16?,17?,18?,19-,20+/m0/s1. The van der Waals surface area contributed by atoms with E-state index in [1.165, 1.54) is 0 Å². The molecule has 0 heterocycles. The number of hydrogen-bond donors (Lipinski definition) is 2. The molecular formula is C20H32O3. The van der Waals surface area contributed by atoms with Crippen molar-refractivity contribution in [1.29, 1.82) is 0 Å². The van der Waals surface area contributed by atoms with E-state index in [4.69, 9.17) is 0 Å². The molecule has 2 N–H and O–H groups in total. The van der Waals surface area contributed by atoms with Gasteiger partial charge < -0.3 is 10.2 Å². The minimum absolute atomic E-state index is 0.0534. The molecule has 0 aromatic rings. The van der Waals surface area contributed by atoms with Crippen molar-refractivity contribution in [2.75, 3.05) is 0 Å². The lowest BCUT2D eigenvalue weighted by molar-refractivity contribution is -0.183. The molecule has 9 atom stereocenters. The average molecular weight is 320 g/mol. The van der Waals surface area contributed by atoms with Crippen molar-refractivity contribution in [3.05, 3.63) is 0 Å². The third-order valence-electron chi connectivity index (χ3n) is 9.01. The zero-order chi connectivity index (χ0) is 16.6. The van der Waals surface area contributed by atoms with Crippen molar-refractivity contribution in [3.63, 3.8) is 0 Å². The summed E-state index contributed by atoms with van der Waals surface area (Å²) in [7, 11) is 0. The molecule has 0 radical (unpaired) electrons. The van der Waals surface area contributed by atoms with E-state index < -0.39 is 0 Å². The van der Waals surface area contributed by atoms with E-state index in [0.717, 1.165) is 32.1 Å². The number of aliphatic hydroxyl groups excluding tert-OH is 2. The Morgan fingerprint density at radius 1 is 1.00 bits per heavy atom. The lowest BCUT2D eigenvalue weighted by Gasteiger charge is -2.63. The van der Waals surface area contributed by atoms with Gasteiger partial charge in [0.15, 0.2) is 0 Å². The molecule has 0 amide bonds. The molecule has 4 aliphatic carbocycles. The normalized spacial score (nSPS) is 59.2. The Kier molecular flexibility index (Phi) is 3.53. The summed E-state index contributed by atoms with van der Waals surface area (Å²) in [5.74, 6) is 2.55. The van der Waals surface area contributed by atoms with Gasteiger partial charge in [-0.2, -0.15) is 0 Å². The highest BCUT2D eigenvalue weighted by Crippen LogP contribution is 2.66. The largest absolute Gasteiger partial charge is 0.393 e. The van der Waals surface area contributed by atoms with E-state index in [1.807, 2.05) is 0 Å². The van der Waals surface area contributed by atoms with Gasteiger partial charge in [-0.1, -0.05) is 20.8 Å². The molecule has 4 unspecified atom stereocenters. The van der Waals surface area contributed by atoms with Crippen molar-refractivity contribution in [2.45, 2.75) is 77.9 Å². The van der Waals surface area contributed by atoms with Gasteiger partial charge in [0.25, 0.3) is 0 Å². The molecular weight excluding hydrogens is 288 g/mol. The summed E-state index contributed by atoms with van der Waals surface area (Å²) in [5.41, 5.74) is 0.142. The minimum Gasteiger partial charge on any atom is -0.393 e. The van der Waals surface area contributed by atoms with Crippen molar-refractivity contribution < 1.29 is 15.0 Å². The fourth-order valence-electron chi connectivity index (χ4n) is 7.47. The summed E-state index contributed by atoms with van der Waals surface area (Å²) in [6, 6.07) is 0. The Bertz CT molecular complexity index is 517. The highest BCUT2D eigenvalue weighted by molar-refractivity contribution is 5.80. The number of hydrogen-bond acceptors (Lipinski definition) is 3. The fraction of sp³-hybridized carbons (Fsp3) is 0.950. The van der Waals surface area contributed by atoms with Crippen LogP contribution in [0.15, 0.2) is 0 Å². The smallest absolute Gasteiger partial charge is 0.133 e. The van der Waals surface area contributed by atoms with Crippen molar-refractivity contribution in [1.82, 2.24) is 0 Å². The first-order valence-corrected chi connectivity index (χ1v) is 9.66. The summed E-state index contributed by atoms with van der Waals surface area (Å²) in [6.07, 6.45) is 5.91. The van der Waals surface area contributed by atoms with Crippen LogP contribution in [-0.4, -0.2) is 28.2 Å². The van der Waals surface area contributed by atoms with Crippen LogP contribution in [0.4, 0.5) is 0 Å². The zero-order valence-electron chi connectivity index (χ0n) is 14.8. The molecule has 0 spiro atoms. The molecule has 130 valence electrons. The van der Waals surface area contributed by atoms with Gasteiger partial charge in [0.1, 0.15) is 5.78 Å². The summed E-state index contributed by atoms with van der Waals surface area (Å²) >= 11 is 0. The summed E-state index contributed by atoms with van der Waals surface area (Å²) in [6.45, 7) is 6.87. The van der Waals surface area contributed by atoms with Crippen molar-refractivity contribution >= 4 is 5.78 Å². The van der Waals surface area contributed by atoms with Crippen LogP contribution in [0, 0.1) is 40.4 Å². The average Bonchev–Trinajstić information content (AvgIpc) is 2.78. The number of carbonyl (C=O) groups is 1. The maximum Gasteiger partial charge on any atom is 0.133 e. The summed E-state index contributed by atoms with van der Waals surface area (Å²) < 4.78 is 0. The van der Waals surface area contributed by atoms with Gasteiger partial charge in [0.2, 0.25) is 0 Å². The maximum absolute atomic E-state index is 12.1. The lowest BCUT2D eigenvalue weighted by atomic mass is 9.42. The number of carbonyl (C=O) groups excluding carboxylic acids is 1. The van der Waals surface area contributed by atoms with E-state index in [9.17, 15) is 15.0 Å². The van der Waals surface area contributed by atoms with Crippen LogP contribution >= 0.6 is 0 Å². The number of ketones is 1. The molecule has 4 aliphatic rings. The van der Waals surface area contributed by atoms with E-state index in [1.54, 1.807) is 0 Å².